The van der Waals surface area contributed by atoms with Gasteiger partial charge >= 0.3 is 0 Å². The third kappa shape index (κ3) is 4.00. The Kier molecular flexibility index (Phi) is 5.50. The Hall–Kier alpha value is -4.57. The summed E-state index contributed by atoms with van der Waals surface area (Å²) in [5, 5.41) is 16.5. The number of nitrogens with one attached hydrogen (secondary N) is 1. The predicted molar refractivity (Wildman–Crippen MR) is 132 cm³/mol. The molecule has 35 heavy (non-hydrogen) atoms. The van der Waals surface area contributed by atoms with Gasteiger partial charge in [0.1, 0.15) is 0 Å². The van der Waals surface area contributed by atoms with E-state index in [0.29, 0.717) is 22.2 Å². The number of carbonyl (C=O) groups is 1. The van der Waals surface area contributed by atoms with E-state index in [0.717, 1.165) is 5.39 Å². The number of rotatable bonds is 6. The molecule has 1 aliphatic rings. The van der Waals surface area contributed by atoms with Gasteiger partial charge in [0.25, 0.3) is 21.6 Å². The topological polar surface area (TPSA) is 122 Å². The number of nitro benzene ring substituents is 1. The molecule has 0 aliphatic carbocycles. The maximum absolute atomic E-state index is 13.1. The number of nitro groups is 1. The van der Waals surface area contributed by atoms with Crippen LogP contribution in [0.3, 0.4) is 0 Å². The first kappa shape index (κ1) is 22.2. The molecule has 1 N–H and O–H groups in total. The lowest BCUT2D eigenvalue weighted by Crippen LogP contribution is -2.26. The summed E-state index contributed by atoms with van der Waals surface area (Å²) in [5.74, 6) is -0.502. The minimum atomic E-state index is -3.68. The third-order valence-corrected chi connectivity index (χ3v) is 7.53. The van der Waals surface area contributed by atoms with Gasteiger partial charge in [-0.2, -0.15) is 5.10 Å². The van der Waals surface area contributed by atoms with E-state index in [1.807, 2.05) is 18.2 Å². The summed E-state index contributed by atoms with van der Waals surface area (Å²) in [6, 6.07) is 23.3. The number of para-hydroxylation sites is 1. The smallest absolute Gasteiger partial charge is 0.267 e. The van der Waals surface area contributed by atoms with Crippen molar-refractivity contribution in [3.63, 3.8) is 0 Å². The summed E-state index contributed by atoms with van der Waals surface area (Å²) in [7, 11) is -3.68. The van der Waals surface area contributed by atoms with Crippen molar-refractivity contribution in [3.05, 3.63) is 112 Å². The van der Waals surface area contributed by atoms with Gasteiger partial charge in [-0.05, 0) is 41.3 Å². The van der Waals surface area contributed by atoms with Gasteiger partial charge in [-0.3, -0.25) is 19.2 Å². The zero-order chi connectivity index (χ0) is 24.6. The SMILES string of the molecule is O=C(N/N=C/c1ccccc1[N+](=O)[O-])c1ccc(CN2c3cccc4cccc(c34)S2(=O)=O)cc1. The number of nitrogens with zero attached hydrogens (tertiary/aromatic N) is 3. The Labute approximate surface area is 200 Å². The van der Waals surface area contributed by atoms with Crippen molar-refractivity contribution < 1.29 is 18.1 Å². The molecule has 0 saturated carbocycles. The Bertz CT molecular complexity index is 1610. The van der Waals surface area contributed by atoms with Crippen molar-refractivity contribution >= 4 is 44.3 Å². The summed E-state index contributed by atoms with van der Waals surface area (Å²) in [6.07, 6.45) is 1.21. The molecule has 174 valence electrons. The molecule has 10 heteroatoms. The summed E-state index contributed by atoms with van der Waals surface area (Å²) < 4.78 is 27.7. The van der Waals surface area contributed by atoms with Crippen LogP contribution in [0, 0.1) is 10.1 Å². The normalized spacial score (nSPS) is 13.9. The molecule has 4 aromatic rings. The molecule has 1 aliphatic heterocycles. The van der Waals surface area contributed by atoms with Crippen molar-refractivity contribution in [2.24, 2.45) is 5.10 Å². The van der Waals surface area contributed by atoms with Gasteiger partial charge in [0, 0.05) is 17.0 Å². The first-order chi connectivity index (χ1) is 16.9. The number of carbonyl (C=O) groups excluding carboxylic acids is 1. The van der Waals surface area contributed by atoms with Crippen LogP contribution in [-0.4, -0.2) is 25.5 Å². The molecule has 4 aromatic carbocycles. The van der Waals surface area contributed by atoms with E-state index in [9.17, 15) is 23.3 Å². The van der Waals surface area contributed by atoms with Crippen molar-refractivity contribution in [2.75, 3.05) is 4.31 Å². The van der Waals surface area contributed by atoms with Crippen LogP contribution in [0.4, 0.5) is 11.4 Å². The summed E-state index contributed by atoms with van der Waals surface area (Å²) in [4.78, 5) is 23.3. The Morgan fingerprint density at radius 3 is 2.43 bits per heavy atom. The van der Waals surface area contributed by atoms with Gasteiger partial charge < -0.3 is 0 Å². The van der Waals surface area contributed by atoms with Crippen molar-refractivity contribution in [1.29, 1.82) is 0 Å². The molecular formula is C25H18N4O5S. The Balaban J connectivity index is 1.31. The number of benzene rings is 4. The van der Waals surface area contributed by atoms with Crippen molar-refractivity contribution in [2.45, 2.75) is 11.4 Å². The monoisotopic (exact) mass is 486 g/mol. The highest BCUT2D eigenvalue weighted by atomic mass is 32.2. The molecule has 0 atom stereocenters. The van der Waals surface area contributed by atoms with Gasteiger partial charge in [0.15, 0.2) is 0 Å². The largest absolute Gasteiger partial charge is 0.278 e. The third-order valence-electron chi connectivity index (χ3n) is 5.73. The van der Waals surface area contributed by atoms with Gasteiger partial charge in [-0.15, -0.1) is 0 Å². The summed E-state index contributed by atoms with van der Waals surface area (Å²) in [5.41, 5.74) is 4.13. The second-order valence-corrected chi connectivity index (χ2v) is 9.69. The number of hydrazone groups is 1. The molecule has 0 unspecified atom stereocenters. The maximum Gasteiger partial charge on any atom is 0.278 e. The molecule has 0 bridgehead atoms. The molecule has 0 spiro atoms. The number of anilines is 1. The van der Waals surface area contributed by atoms with Gasteiger partial charge in [0.2, 0.25) is 0 Å². The number of sulfonamides is 1. The highest BCUT2D eigenvalue weighted by molar-refractivity contribution is 7.93. The maximum atomic E-state index is 13.1. The van der Waals surface area contributed by atoms with E-state index >= 15 is 0 Å². The number of amides is 1. The second kappa shape index (κ2) is 8.65. The van der Waals surface area contributed by atoms with Crippen LogP contribution in [-0.2, 0) is 16.6 Å². The first-order valence-electron chi connectivity index (χ1n) is 10.6. The molecule has 0 saturated heterocycles. The van der Waals surface area contributed by atoms with Gasteiger partial charge in [-0.1, -0.05) is 48.5 Å². The first-order valence-corrected chi connectivity index (χ1v) is 12.0. The summed E-state index contributed by atoms with van der Waals surface area (Å²) in [6.45, 7) is 0.119. The summed E-state index contributed by atoms with van der Waals surface area (Å²) >= 11 is 0. The van der Waals surface area contributed by atoms with Crippen LogP contribution < -0.4 is 9.73 Å². The Morgan fingerprint density at radius 2 is 1.69 bits per heavy atom. The van der Waals surface area contributed by atoms with Crippen molar-refractivity contribution in [1.82, 2.24) is 5.43 Å². The van der Waals surface area contributed by atoms with E-state index in [1.165, 1.54) is 22.7 Å². The second-order valence-electron chi connectivity index (χ2n) is 7.86. The Morgan fingerprint density at radius 1 is 0.971 bits per heavy atom. The predicted octanol–water partition coefficient (Wildman–Crippen LogP) is 4.22. The molecular weight excluding hydrogens is 468 g/mol. The lowest BCUT2D eigenvalue weighted by Gasteiger charge is -2.19. The molecule has 0 aromatic heterocycles. The molecule has 0 fully saturated rings. The average molecular weight is 487 g/mol. The van der Waals surface area contributed by atoms with E-state index < -0.39 is 20.9 Å². The van der Waals surface area contributed by atoms with E-state index in [2.05, 4.69) is 10.5 Å². The fourth-order valence-electron chi connectivity index (χ4n) is 4.04. The van der Waals surface area contributed by atoms with E-state index in [4.69, 9.17) is 0 Å². The van der Waals surface area contributed by atoms with Gasteiger partial charge in [0.05, 0.1) is 33.8 Å². The quantitative estimate of drug-likeness (QED) is 0.248. The van der Waals surface area contributed by atoms with Crippen LogP contribution in [0.1, 0.15) is 21.5 Å². The molecule has 1 heterocycles. The minimum Gasteiger partial charge on any atom is -0.267 e. The fourth-order valence-corrected chi connectivity index (χ4v) is 5.74. The molecule has 9 nitrogen and oxygen atoms in total. The lowest BCUT2D eigenvalue weighted by molar-refractivity contribution is -0.385. The standard InChI is InChI=1S/C25H18N4O5S/c30-25(27-26-15-20-5-1-2-8-21(20)29(31)32)19-13-11-17(12-14-19)16-28-22-9-3-6-18-7-4-10-23(24(18)22)35(28,33)34/h1-15H,16H2,(H,27,30)/b26-15+. The zero-order valence-corrected chi connectivity index (χ0v) is 19.0. The molecule has 0 radical (unpaired) electrons. The van der Waals surface area contributed by atoms with Crippen LogP contribution in [0.5, 0.6) is 0 Å². The molecule has 5 rings (SSSR count). The number of hydrogen-bond acceptors (Lipinski definition) is 6. The molecule has 1 amide bonds. The fraction of sp³-hybridized carbons (Fsp3) is 0.0400. The minimum absolute atomic E-state index is 0.119. The van der Waals surface area contributed by atoms with Crippen LogP contribution in [0.25, 0.3) is 10.8 Å². The highest BCUT2D eigenvalue weighted by Gasteiger charge is 2.35. The van der Waals surface area contributed by atoms with Crippen LogP contribution in [0.2, 0.25) is 0 Å². The van der Waals surface area contributed by atoms with Crippen LogP contribution >= 0.6 is 0 Å². The van der Waals surface area contributed by atoms with Crippen molar-refractivity contribution in [3.8, 4) is 0 Å². The number of hydrogen-bond donors (Lipinski definition) is 1. The van der Waals surface area contributed by atoms with Gasteiger partial charge in [-0.25, -0.2) is 13.8 Å². The average Bonchev–Trinajstić information content (AvgIpc) is 3.08. The highest BCUT2D eigenvalue weighted by Crippen LogP contribution is 2.42. The van der Waals surface area contributed by atoms with Crippen LogP contribution in [0.15, 0.2) is 94.9 Å². The zero-order valence-electron chi connectivity index (χ0n) is 18.2. The van der Waals surface area contributed by atoms with E-state index in [1.54, 1.807) is 54.6 Å². The van der Waals surface area contributed by atoms with E-state index in [-0.39, 0.29) is 22.7 Å². The lowest BCUT2D eigenvalue weighted by atomic mass is 10.1.